The predicted molar refractivity (Wildman–Crippen MR) is 118 cm³/mol. The van der Waals surface area contributed by atoms with Gasteiger partial charge < -0.3 is 15.0 Å². The number of aromatic amines is 1. The number of amides is 1. The van der Waals surface area contributed by atoms with Gasteiger partial charge in [0.1, 0.15) is 5.75 Å². The Morgan fingerprint density at radius 1 is 1.21 bits per heavy atom. The van der Waals surface area contributed by atoms with Gasteiger partial charge in [0.05, 0.1) is 18.1 Å². The molecular formula is C22H24BrN3O3. The number of methoxy groups -OCH3 is 1. The van der Waals surface area contributed by atoms with Crippen LogP contribution in [0.15, 0.2) is 45.7 Å². The molecule has 0 radical (unpaired) electrons. The molecule has 1 aliphatic rings. The Hall–Kier alpha value is -2.54. The SMILES string of the molecule is COc1ccc(NC(=O)[C@H]2CC[C@@H](n3c(=O)[nH]c4c(Br)cccc43)CC2)cc1C. The topological polar surface area (TPSA) is 76.1 Å². The molecule has 7 heteroatoms. The highest BCUT2D eigenvalue weighted by Crippen LogP contribution is 2.34. The van der Waals surface area contributed by atoms with Crippen LogP contribution >= 0.6 is 15.9 Å². The second-order valence-corrected chi connectivity index (χ2v) is 8.47. The van der Waals surface area contributed by atoms with Crippen molar-refractivity contribution in [1.29, 1.82) is 0 Å². The maximum atomic E-state index is 12.7. The van der Waals surface area contributed by atoms with Crippen LogP contribution in [0.4, 0.5) is 5.69 Å². The van der Waals surface area contributed by atoms with E-state index in [-0.39, 0.29) is 23.6 Å². The Bertz CT molecular complexity index is 1110. The first-order valence-electron chi connectivity index (χ1n) is 9.82. The number of aromatic nitrogens is 2. The zero-order chi connectivity index (χ0) is 20.5. The second-order valence-electron chi connectivity index (χ2n) is 7.61. The molecule has 2 N–H and O–H groups in total. The van der Waals surface area contributed by atoms with E-state index in [1.165, 1.54) is 0 Å². The predicted octanol–water partition coefficient (Wildman–Crippen LogP) is 4.78. The first-order chi connectivity index (χ1) is 14.0. The standard InChI is InChI=1S/C22H24BrN3O3/c1-13-12-15(8-11-19(13)29-2)24-21(27)14-6-9-16(10-7-14)26-18-5-3-4-17(23)20(18)25-22(26)28/h3-5,8,11-12,14,16H,6-7,9-10H2,1-2H3,(H,24,27)(H,25,28)/t14-,16+. The minimum atomic E-state index is -0.0893. The van der Waals surface area contributed by atoms with Gasteiger partial charge in [0.2, 0.25) is 5.91 Å². The Labute approximate surface area is 177 Å². The highest BCUT2D eigenvalue weighted by Gasteiger charge is 2.29. The number of rotatable bonds is 4. The number of hydrogen-bond acceptors (Lipinski definition) is 3. The lowest BCUT2D eigenvalue weighted by molar-refractivity contribution is -0.121. The molecule has 2 aromatic carbocycles. The molecule has 0 aliphatic heterocycles. The Morgan fingerprint density at radius 2 is 1.97 bits per heavy atom. The van der Waals surface area contributed by atoms with E-state index in [9.17, 15) is 9.59 Å². The van der Waals surface area contributed by atoms with Gasteiger partial charge in [-0.2, -0.15) is 0 Å². The van der Waals surface area contributed by atoms with Crippen molar-refractivity contribution in [3.8, 4) is 5.75 Å². The zero-order valence-electron chi connectivity index (χ0n) is 16.5. The van der Waals surface area contributed by atoms with Crippen molar-refractivity contribution in [2.45, 2.75) is 38.6 Å². The third-order valence-corrected chi connectivity index (χ3v) is 6.46. The summed E-state index contributed by atoms with van der Waals surface area (Å²) in [4.78, 5) is 28.2. The van der Waals surface area contributed by atoms with E-state index in [0.717, 1.165) is 58.2 Å². The summed E-state index contributed by atoms with van der Waals surface area (Å²) in [5.41, 5.74) is 3.42. The van der Waals surface area contributed by atoms with Gasteiger partial charge in [-0.05, 0) is 84.4 Å². The summed E-state index contributed by atoms with van der Waals surface area (Å²) in [6.45, 7) is 1.96. The normalized spacial score (nSPS) is 19.3. The van der Waals surface area contributed by atoms with Gasteiger partial charge in [0.25, 0.3) is 0 Å². The Balaban J connectivity index is 1.44. The molecule has 1 aromatic heterocycles. The summed E-state index contributed by atoms with van der Waals surface area (Å²) >= 11 is 3.50. The van der Waals surface area contributed by atoms with Gasteiger partial charge in [-0.25, -0.2) is 4.79 Å². The molecule has 1 amide bonds. The quantitative estimate of drug-likeness (QED) is 0.591. The van der Waals surface area contributed by atoms with Crippen molar-refractivity contribution in [1.82, 2.24) is 9.55 Å². The number of carbonyl (C=O) groups is 1. The number of halogens is 1. The number of para-hydroxylation sites is 1. The highest BCUT2D eigenvalue weighted by molar-refractivity contribution is 9.10. The van der Waals surface area contributed by atoms with Crippen LogP contribution in [0.25, 0.3) is 11.0 Å². The second kappa shape index (κ2) is 8.06. The average molecular weight is 458 g/mol. The summed E-state index contributed by atoms with van der Waals surface area (Å²) in [5, 5.41) is 3.03. The number of nitrogens with one attached hydrogen (secondary N) is 2. The van der Waals surface area contributed by atoms with Gasteiger partial charge in [0.15, 0.2) is 0 Å². The summed E-state index contributed by atoms with van der Waals surface area (Å²) in [6, 6.07) is 11.6. The smallest absolute Gasteiger partial charge is 0.326 e. The fourth-order valence-corrected chi connectivity index (χ4v) is 4.73. The lowest BCUT2D eigenvalue weighted by atomic mass is 9.85. The first-order valence-corrected chi connectivity index (χ1v) is 10.6. The van der Waals surface area contributed by atoms with Crippen molar-refractivity contribution in [2.24, 2.45) is 5.92 Å². The molecule has 152 valence electrons. The summed E-state index contributed by atoms with van der Waals surface area (Å²) in [7, 11) is 1.64. The Kier molecular flexibility index (Phi) is 5.50. The number of nitrogens with zero attached hydrogens (tertiary/aromatic N) is 1. The lowest BCUT2D eigenvalue weighted by Gasteiger charge is -2.28. The van der Waals surface area contributed by atoms with Crippen LogP contribution in [0, 0.1) is 12.8 Å². The summed E-state index contributed by atoms with van der Waals surface area (Å²) < 4.78 is 8.00. The molecule has 1 heterocycles. The van der Waals surface area contributed by atoms with Crippen LogP contribution in [-0.4, -0.2) is 22.6 Å². The van der Waals surface area contributed by atoms with Crippen molar-refractivity contribution in [3.05, 3.63) is 56.9 Å². The van der Waals surface area contributed by atoms with Crippen LogP contribution in [0.1, 0.15) is 37.3 Å². The third-order valence-electron chi connectivity index (χ3n) is 5.80. The molecule has 1 fully saturated rings. The number of H-pyrrole nitrogens is 1. The van der Waals surface area contributed by atoms with Crippen LogP contribution in [0.2, 0.25) is 0 Å². The minimum absolute atomic E-state index is 0.0405. The fraction of sp³-hybridized carbons (Fsp3) is 0.364. The van der Waals surface area contributed by atoms with Gasteiger partial charge in [0, 0.05) is 22.1 Å². The van der Waals surface area contributed by atoms with Crippen molar-refractivity contribution in [3.63, 3.8) is 0 Å². The number of anilines is 1. The first kappa shape index (κ1) is 19.8. The van der Waals surface area contributed by atoms with E-state index in [0.29, 0.717) is 0 Å². The molecule has 3 aromatic rings. The Morgan fingerprint density at radius 3 is 2.66 bits per heavy atom. The van der Waals surface area contributed by atoms with Crippen LogP contribution < -0.4 is 15.7 Å². The van der Waals surface area contributed by atoms with Gasteiger partial charge in [-0.15, -0.1) is 0 Å². The van der Waals surface area contributed by atoms with Gasteiger partial charge >= 0.3 is 5.69 Å². The molecule has 4 rings (SSSR count). The molecule has 0 saturated heterocycles. The molecule has 0 unspecified atom stereocenters. The van der Waals surface area contributed by atoms with Crippen molar-refractivity contribution >= 4 is 38.6 Å². The lowest BCUT2D eigenvalue weighted by Crippen LogP contribution is -2.31. The van der Waals surface area contributed by atoms with Gasteiger partial charge in [-0.1, -0.05) is 6.07 Å². The number of carbonyl (C=O) groups excluding carboxylic acids is 1. The summed E-state index contributed by atoms with van der Waals surface area (Å²) in [5.74, 6) is 0.808. The van der Waals surface area contributed by atoms with E-state index in [4.69, 9.17) is 4.74 Å². The van der Waals surface area contributed by atoms with E-state index in [2.05, 4.69) is 26.2 Å². The number of fused-ring (bicyclic) bond motifs is 1. The molecule has 0 bridgehead atoms. The molecule has 6 nitrogen and oxygen atoms in total. The van der Waals surface area contributed by atoms with Crippen LogP contribution in [-0.2, 0) is 4.79 Å². The molecule has 1 saturated carbocycles. The molecular weight excluding hydrogens is 434 g/mol. The van der Waals surface area contributed by atoms with E-state index in [1.807, 2.05) is 47.9 Å². The maximum absolute atomic E-state index is 12.7. The highest BCUT2D eigenvalue weighted by atomic mass is 79.9. The number of ether oxygens (including phenoxy) is 1. The molecule has 0 atom stereocenters. The minimum Gasteiger partial charge on any atom is -0.496 e. The van der Waals surface area contributed by atoms with Crippen molar-refractivity contribution in [2.75, 3.05) is 12.4 Å². The maximum Gasteiger partial charge on any atom is 0.326 e. The zero-order valence-corrected chi connectivity index (χ0v) is 18.1. The largest absolute Gasteiger partial charge is 0.496 e. The van der Waals surface area contributed by atoms with Crippen LogP contribution in [0.5, 0.6) is 5.75 Å². The van der Waals surface area contributed by atoms with E-state index in [1.54, 1.807) is 7.11 Å². The van der Waals surface area contributed by atoms with Crippen molar-refractivity contribution < 1.29 is 9.53 Å². The molecule has 29 heavy (non-hydrogen) atoms. The fourth-order valence-electron chi connectivity index (χ4n) is 4.27. The van der Waals surface area contributed by atoms with Crippen LogP contribution in [0.3, 0.4) is 0 Å². The third kappa shape index (κ3) is 3.83. The molecule has 0 spiro atoms. The number of imidazole rings is 1. The average Bonchev–Trinajstić information content (AvgIpc) is 3.05. The van der Waals surface area contributed by atoms with E-state index < -0.39 is 0 Å². The summed E-state index contributed by atoms with van der Waals surface area (Å²) in [6.07, 6.45) is 3.13. The van der Waals surface area contributed by atoms with Gasteiger partial charge in [-0.3, -0.25) is 9.36 Å². The monoisotopic (exact) mass is 457 g/mol. The number of benzene rings is 2. The molecule has 1 aliphatic carbocycles. The van der Waals surface area contributed by atoms with E-state index >= 15 is 0 Å². The number of hydrogen-bond donors (Lipinski definition) is 2. The number of aryl methyl sites for hydroxylation is 1.